The molecule has 3 N–H and O–H groups in total. The monoisotopic (exact) mass is 310 g/mol. The fraction of sp³-hybridized carbons (Fsp3) is 1.00. The third-order valence-corrected chi connectivity index (χ3v) is 5.87. The van der Waals surface area contributed by atoms with Crippen LogP contribution in [0.5, 0.6) is 0 Å². The van der Waals surface area contributed by atoms with Gasteiger partial charge in [-0.3, -0.25) is 0 Å². The van der Waals surface area contributed by atoms with E-state index in [1.807, 2.05) is 0 Å². The van der Waals surface area contributed by atoms with E-state index in [4.69, 9.17) is 5.73 Å². The summed E-state index contributed by atoms with van der Waals surface area (Å²) in [6, 6.07) is 0. The number of hydrogen-bond donors (Lipinski definition) is 2. The Morgan fingerprint density at radius 3 is 2.26 bits per heavy atom. The quantitative estimate of drug-likeness (QED) is 0.790. The number of nitrogens with one attached hydrogen (secondary N) is 1. The Balaban J connectivity index is 0.00000180. The van der Waals surface area contributed by atoms with Crippen molar-refractivity contribution in [3.8, 4) is 0 Å². The van der Waals surface area contributed by atoms with Crippen LogP contribution in [0.3, 0.4) is 0 Å². The van der Waals surface area contributed by atoms with Crippen molar-refractivity contribution in [1.82, 2.24) is 4.72 Å². The van der Waals surface area contributed by atoms with Gasteiger partial charge in [0.2, 0.25) is 10.0 Å². The molecule has 0 saturated heterocycles. The molecule has 0 aromatic carbocycles. The summed E-state index contributed by atoms with van der Waals surface area (Å²) in [7, 11) is -3.12. The van der Waals surface area contributed by atoms with Crippen LogP contribution >= 0.6 is 12.4 Å². The van der Waals surface area contributed by atoms with Crippen LogP contribution < -0.4 is 10.5 Å². The van der Waals surface area contributed by atoms with Crippen molar-refractivity contribution in [2.75, 3.05) is 12.3 Å². The van der Waals surface area contributed by atoms with E-state index in [9.17, 15) is 8.42 Å². The summed E-state index contributed by atoms with van der Waals surface area (Å²) in [6.45, 7) is 0.417. The first-order valence-corrected chi connectivity index (χ1v) is 8.91. The minimum absolute atomic E-state index is 0. The molecule has 0 atom stereocenters. The molecule has 2 rings (SSSR count). The zero-order valence-electron chi connectivity index (χ0n) is 11.6. The zero-order chi connectivity index (χ0) is 13.1. The molecule has 0 unspecified atom stereocenters. The first-order chi connectivity index (χ1) is 8.49. The normalized spacial score (nSPS) is 23.4. The van der Waals surface area contributed by atoms with E-state index in [0.717, 1.165) is 32.1 Å². The number of nitrogens with two attached hydrogens (primary N) is 1. The Labute approximate surface area is 123 Å². The van der Waals surface area contributed by atoms with Crippen molar-refractivity contribution in [1.29, 1.82) is 0 Å². The van der Waals surface area contributed by atoms with Gasteiger partial charge in [0.25, 0.3) is 0 Å². The maximum Gasteiger partial charge on any atom is 0.211 e. The molecule has 19 heavy (non-hydrogen) atoms. The Morgan fingerprint density at radius 1 is 1.11 bits per heavy atom. The first kappa shape index (κ1) is 17.2. The van der Waals surface area contributed by atoms with Gasteiger partial charge in [0.1, 0.15) is 0 Å². The molecule has 0 aliphatic heterocycles. The zero-order valence-corrected chi connectivity index (χ0v) is 13.2. The Morgan fingerprint density at radius 2 is 1.74 bits per heavy atom. The Bertz CT molecular complexity index is 363. The molecule has 0 spiro atoms. The van der Waals surface area contributed by atoms with E-state index in [1.54, 1.807) is 0 Å². The second kappa shape index (κ2) is 7.25. The number of halogens is 1. The van der Waals surface area contributed by atoms with Gasteiger partial charge in [0.15, 0.2) is 0 Å². The van der Waals surface area contributed by atoms with Crippen LogP contribution in [0.2, 0.25) is 0 Å². The van der Waals surface area contributed by atoms with E-state index in [0.29, 0.717) is 12.5 Å². The Hall–Kier alpha value is 0.160. The summed E-state index contributed by atoms with van der Waals surface area (Å²) in [5.74, 6) is 0.913. The minimum Gasteiger partial charge on any atom is -0.324 e. The summed E-state index contributed by atoms with van der Waals surface area (Å²) in [4.78, 5) is 0. The summed E-state index contributed by atoms with van der Waals surface area (Å²) >= 11 is 0. The number of hydrogen-bond acceptors (Lipinski definition) is 3. The van der Waals surface area contributed by atoms with Crippen molar-refractivity contribution in [2.45, 2.75) is 63.3 Å². The van der Waals surface area contributed by atoms with Gasteiger partial charge in [-0.2, -0.15) is 0 Å². The molecule has 2 saturated carbocycles. The van der Waals surface area contributed by atoms with Gasteiger partial charge in [-0.05, 0) is 25.2 Å². The summed E-state index contributed by atoms with van der Waals surface area (Å²) in [5.41, 5.74) is 5.93. The first-order valence-electron chi connectivity index (χ1n) is 7.25. The standard InChI is InChI=1S/C13H26N2O2S.ClH/c14-13(8-2-1-3-9-13)11-15-18(16,17)10-7-12-5-4-6-12;/h12,15H,1-11,14H2;1H. The SMILES string of the molecule is Cl.NC1(CNS(=O)(=O)CCC2CCC2)CCCCC1. The van der Waals surface area contributed by atoms with Crippen LogP contribution in [-0.2, 0) is 10.0 Å². The molecular weight excluding hydrogens is 284 g/mol. The third-order valence-electron chi connectivity index (χ3n) is 4.51. The second-order valence-corrected chi connectivity index (χ2v) is 8.08. The molecule has 0 aromatic heterocycles. The number of rotatable bonds is 6. The highest BCUT2D eigenvalue weighted by atomic mass is 35.5. The van der Waals surface area contributed by atoms with Gasteiger partial charge in [-0.15, -0.1) is 12.4 Å². The predicted molar refractivity (Wildman–Crippen MR) is 81.0 cm³/mol. The minimum atomic E-state index is -3.12. The van der Waals surface area contributed by atoms with Crippen LogP contribution in [0, 0.1) is 5.92 Å². The second-order valence-electron chi connectivity index (χ2n) is 6.15. The van der Waals surface area contributed by atoms with Crippen molar-refractivity contribution in [3.63, 3.8) is 0 Å². The van der Waals surface area contributed by atoms with E-state index in [2.05, 4.69) is 4.72 Å². The molecule has 2 aliphatic carbocycles. The topological polar surface area (TPSA) is 72.2 Å². The predicted octanol–water partition coefficient (Wildman–Crippen LogP) is 2.18. The molecule has 0 aromatic rings. The van der Waals surface area contributed by atoms with E-state index in [-0.39, 0.29) is 23.7 Å². The van der Waals surface area contributed by atoms with Gasteiger partial charge < -0.3 is 5.73 Å². The molecule has 0 heterocycles. The molecule has 114 valence electrons. The lowest BCUT2D eigenvalue weighted by molar-refractivity contribution is 0.294. The van der Waals surface area contributed by atoms with Crippen LogP contribution in [0.15, 0.2) is 0 Å². The van der Waals surface area contributed by atoms with Crippen molar-refractivity contribution < 1.29 is 8.42 Å². The van der Waals surface area contributed by atoms with Crippen molar-refractivity contribution in [3.05, 3.63) is 0 Å². The molecule has 4 nitrogen and oxygen atoms in total. The number of sulfonamides is 1. The lowest BCUT2D eigenvalue weighted by atomic mass is 9.83. The smallest absolute Gasteiger partial charge is 0.211 e. The van der Waals surface area contributed by atoms with E-state index < -0.39 is 10.0 Å². The van der Waals surface area contributed by atoms with Gasteiger partial charge >= 0.3 is 0 Å². The fourth-order valence-corrected chi connectivity index (χ4v) is 4.16. The summed E-state index contributed by atoms with van der Waals surface area (Å²) in [5, 5.41) is 0. The summed E-state index contributed by atoms with van der Waals surface area (Å²) in [6.07, 6.45) is 9.86. The average Bonchev–Trinajstić information content (AvgIpc) is 2.26. The maximum atomic E-state index is 11.9. The lowest BCUT2D eigenvalue weighted by Gasteiger charge is -2.33. The lowest BCUT2D eigenvalue weighted by Crippen LogP contribution is -2.51. The van der Waals surface area contributed by atoms with Gasteiger partial charge in [-0.1, -0.05) is 38.5 Å². The maximum absolute atomic E-state index is 11.9. The highest BCUT2D eigenvalue weighted by Crippen LogP contribution is 2.29. The molecule has 6 heteroatoms. The van der Waals surface area contributed by atoms with E-state index >= 15 is 0 Å². The molecular formula is C13H27ClN2O2S. The molecule has 0 amide bonds. The highest BCUT2D eigenvalue weighted by molar-refractivity contribution is 7.89. The van der Waals surface area contributed by atoms with Gasteiger partial charge in [0.05, 0.1) is 5.75 Å². The average molecular weight is 311 g/mol. The molecule has 2 aliphatic rings. The van der Waals surface area contributed by atoms with Crippen molar-refractivity contribution >= 4 is 22.4 Å². The molecule has 0 bridgehead atoms. The largest absolute Gasteiger partial charge is 0.324 e. The third kappa shape index (κ3) is 5.58. The van der Waals surface area contributed by atoms with Crippen LogP contribution in [-0.4, -0.2) is 26.3 Å². The fourth-order valence-electron chi connectivity index (χ4n) is 2.86. The van der Waals surface area contributed by atoms with Crippen molar-refractivity contribution in [2.24, 2.45) is 11.7 Å². The molecule has 0 radical (unpaired) electrons. The van der Waals surface area contributed by atoms with Gasteiger partial charge in [-0.25, -0.2) is 13.1 Å². The molecule has 2 fully saturated rings. The van der Waals surface area contributed by atoms with Gasteiger partial charge in [0, 0.05) is 12.1 Å². The Kier molecular flexibility index (Phi) is 6.57. The van der Waals surface area contributed by atoms with E-state index in [1.165, 1.54) is 25.7 Å². The van der Waals surface area contributed by atoms with Crippen LogP contribution in [0.1, 0.15) is 57.8 Å². The summed E-state index contributed by atoms with van der Waals surface area (Å²) < 4.78 is 26.5. The highest BCUT2D eigenvalue weighted by Gasteiger charge is 2.29. The van der Waals surface area contributed by atoms with Crippen LogP contribution in [0.25, 0.3) is 0 Å². The van der Waals surface area contributed by atoms with Crippen LogP contribution in [0.4, 0.5) is 0 Å².